The zero-order valence-electron chi connectivity index (χ0n) is 17.1. The Kier molecular flexibility index (Phi) is 5.81. The predicted octanol–water partition coefficient (Wildman–Crippen LogP) is 3.49. The number of anilines is 1. The zero-order valence-corrected chi connectivity index (χ0v) is 17.1. The highest BCUT2D eigenvalue weighted by atomic mass is 19.1. The van der Waals surface area contributed by atoms with Crippen molar-refractivity contribution < 1.29 is 14.0 Å². The number of fused-ring (bicyclic) bond motifs is 1. The lowest BCUT2D eigenvalue weighted by Gasteiger charge is -2.25. The van der Waals surface area contributed by atoms with E-state index in [1.54, 1.807) is 24.3 Å². The normalized spacial score (nSPS) is 15.5. The molecule has 0 bridgehead atoms. The molecule has 0 saturated heterocycles. The minimum atomic E-state index is -0.723. The van der Waals surface area contributed by atoms with Gasteiger partial charge in [-0.05, 0) is 41.5 Å². The Labute approximate surface area is 184 Å². The lowest BCUT2D eigenvalue weighted by molar-refractivity contribution is -0.118. The number of allylic oxidation sites excluding steroid dienone is 1. The molecule has 1 aliphatic heterocycles. The van der Waals surface area contributed by atoms with E-state index in [1.807, 2.05) is 24.3 Å². The maximum atomic E-state index is 13.1. The van der Waals surface area contributed by atoms with Gasteiger partial charge in [0.05, 0.1) is 5.71 Å². The van der Waals surface area contributed by atoms with Crippen LogP contribution in [0.3, 0.4) is 0 Å². The number of benzene rings is 3. The van der Waals surface area contributed by atoms with Gasteiger partial charge < -0.3 is 21.8 Å². The number of nitrogens with one attached hydrogen (secondary N) is 3. The van der Waals surface area contributed by atoms with Gasteiger partial charge >= 0.3 is 0 Å². The first kappa shape index (κ1) is 21.0. The third kappa shape index (κ3) is 4.41. The Hall–Kier alpha value is -4.26. The van der Waals surface area contributed by atoms with Crippen molar-refractivity contribution in [2.45, 2.75) is 12.5 Å². The number of carbonyl (C=O) groups is 2. The summed E-state index contributed by atoms with van der Waals surface area (Å²) in [7, 11) is 0. The van der Waals surface area contributed by atoms with Gasteiger partial charge in [-0.2, -0.15) is 0 Å². The molecule has 0 fully saturated rings. The fourth-order valence-electron chi connectivity index (χ4n) is 3.58. The molecule has 1 heterocycles. The largest absolute Gasteiger partial charge is 0.398 e. The molecule has 0 aliphatic carbocycles. The molecule has 0 saturated carbocycles. The predicted molar refractivity (Wildman–Crippen MR) is 122 cm³/mol. The van der Waals surface area contributed by atoms with Crippen LogP contribution in [-0.2, 0) is 11.2 Å². The number of amides is 2. The van der Waals surface area contributed by atoms with Crippen LogP contribution >= 0.6 is 0 Å². The summed E-state index contributed by atoms with van der Waals surface area (Å²) in [6.45, 7) is 0. The maximum absolute atomic E-state index is 13.1. The number of nitrogens with two attached hydrogens (primary N) is 1. The molecule has 1 aliphatic rings. The number of para-hydroxylation sites is 1. The van der Waals surface area contributed by atoms with Crippen molar-refractivity contribution in [3.8, 4) is 0 Å². The first-order valence-electron chi connectivity index (χ1n) is 10.0. The molecule has 5 N–H and O–H groups in total. The van der Waals surface area contributed by atoms with Crippen LogP contribution in [0.5, 0.6) is 0 Å². The summed E-state index contributed by atoms with van der Waals surface area (Å²) in [6, 6.07) is 19.0. The molecule has 2 amide bonds. The molecule has 0 spiro atoms. The lowest BCUT2D eigenvalue weighted by Crippen LogP contribution is -2.47. The van der Waals surface area contributed by atoms with Gasteiger partial charge in [0, 0.05) is 28.9 Å². The Balaban J connectivity index is 1.55. The minimum absolute atomic E-state index is 0.0241. The lowest BCUT2D eigenvalue weighted by atomic mass is 9.97. The first-order valence-corrected chi connectivity index (χ1v) is 10.0. The van der Waals surface area contributed by atoms with E-state index in [9.17, 15) is 14.0 Å². The highest BCUT2D eigenvalue weighted by Crippen LogP contribution is 2.22. The minimum Gasteiger partial charge on any atom is -0.398 e. The smallest absolute Gasteiger partial charge is 0.252 e. The van der Waals surface area contributed by atoms with Crippen molar-refractivity contribution in [1.82, 2.24) is 5.32 Å². The van der Waals surface area contributed by atoms with Crippen molar-refractivity contribution in [3.05, 3.63) is 107 Å². The van der Waals surface area contributed by atoms with Crippen LogP contribution in [0.15, 0.2) is 78.9 Å². The molecular weight excluding hydrogens is 407 g/mol. The molecule has 4 rings (SSSR count). The number of hydrogen-bond donors (Lipinski definition) is 4. The SMILES string of the molecule is N=C(/C=C(\N)c1ccc(F)cc1)c1ccccc1C(=O)N[C@@H]1Cc2ccccc2NC1=O. The highest BCUT2D eigenvalue weighted by Gasteiger charge is 2.28. The van der Waals surface area contributed by atoms with E-state index in [0.717, 1.165) is 11.3 Å². The molecule has 0 radical (unpaired) electrons. The second-order valence-electron chi connectivity index (χ2n) is 7.44. The van der Waals surface area contributed by atoms with Crippen LogP contribution in [0.4, 0.5) is 10.1 Å². The van der Waals surface area contributed by atoms with Gasteiger partial charge in [0.25, 0.3) is 5.91 Å². The van der Waals surface area contributed by atoms with Gasteiger partial charge in [0.2, 0.25) is 5.91 Å². The molecule has 160 valence electrons. The number of halogens is 1. The second kappa shape index (κ2) is 8.85. The fraction of sp³-hybridized carbons (Fsp3) is 0.0800. The van der Waals surface area contributed by atoms with Crippen LogP contribution in [0, 0.1) is 11.2 Å². The average molecular weight is 428 g/mol. The number of rotatable bonds is 5. The van der Waals surface area contributed by atoms with Gasteiger partial charge in [-0.25, -0.2) is 4.39 Å². The van der Waals surface area contributed by atoms with Crippen molar-refractivity contribution in [2.75, 3.05) is 5.32 Å². The Morgan fingerprint density at radius 3 is 2.44 bits per heavy atom. The summed E-state index contributed by atoms with van der Waals surface area (Å²) in [5.74, 6) is -1.13. The molecular formula is C25H21FN4O2. The van der Waals surface area contributed by atoms with E-state index in [2.05, 4.69) is 10.6 Å². The Morgan fingerprint density at radius 2 is 1.69 bits per heavy atom. The van der Waals surface area contributed by atoms with Gasteiger partial charge in [-0.1, -0.05) is 48.5 Å². The third-order valence-electron chi connectivity index (χ3n) is 5.26. The molecule has 1 atom stereocenters. The number of carbonyl (C=O) groups excluding carboxylic acids is 2. The molecule has 7 heteroatoms. The second-order valence-corrected chi connectivity index (χ2v) is 7.44. The molecule has 0 unspecified atom stereocenters. The third-order valence-corrected chi connectivity index (χ3v) is 5.26. The maximum Gasteiger partial charge on any atom is 0.252 e. The van der Waals surface area contributed by atoms with Crippen LogP contribution in [-0.4, -0.2) is 23.6 Å². The molecule has 0 aromatic heterocycles. The quantitative estimate of drug-likeness (QED) is 0.467. The van der Waals surface area contributed by atoms with Crippen LogP contribution in [0.1, 0.15) is 27.0 Å². The van der Waals surface area contributed by atoms with E-state index >= 15 is 0 Å². The Bertz CT molecular complexity index is 1230. The Morgan fingerprint density at radius 1 is 1.03 bits per heavy atom. The fourth-order valence-corrected chi connectivity index (χ4v) is 3.58. The van der Waals surface area contributed by atoms with Crippen LogP contribution < -0.4 is 16.4 Å². The first-order chi connectivity index (χ1) is 15.4. The van der Waals surface area contributed by atoms with Gasteiger partial charge in [-0.15, -0.1) is 0 Å². The summed E-state index contributed by atoms with van der Waals surface area (Å²) in [5.41, 5.74) is 9.23. The summed E-state index contributed by atoms with van der Waals surface area (Å²) in [5, 5.41) is 14.0. The van der Waals surface area contributed by atoms with Crippen molar-refractivity contribution >= 4 is 28.9 Å². The van der Waals surface area contributed by atoms with E-state index in [-0.39, 0.29) is 28.7 Å². The topological polar surface area (TPSA) is 108 Å². The van der Waals surface area contributed by atoms with Gasteiger partial charge in [0.1, 0.15) is 11.9 Å². The van der Waals surface area contributed by atoms with Crippen LogP contribution in [0.2, 0.25) is 0 Å². The summed E-state index contributed by atoms with van der Waals surface area (Å²) in [4.78, 5) is 25.5. The zero-order chi connectivity index (χ0) is 22.7. The monoisotopic (exact) mass is 428 g/mol. The van der Waals surface area contributed by atoms with E-state index in [4.69, 9.17) is 11.1 Å². The van der Waals surface area contributed by atoms with Gasteiger partial charge in [0.15, 0.2) is 0 Å². The van der Waals surface area contributed by atoms with Crippen LogP contribution in [0.25, 0.3) is 5.70 Å². The van der Waals surface area contributed by atoms with Crippen molar-refractivity contribution in [2.24, 2.45) is 5.73 Å². The molecule has 32 heavy (non-hydrogen) atoms. The average Bonchev–Trinajstić information content (AvgIpc) is 2.80. The summed E-state index contributed by atoms with van der Waals surface area (Å²) >= 11 is 0. The van der Waals surface area contributed by atoms with E-state index in [1.165, 1.54) is 30.3 Å². The van der Waals surface area contributed by atoms with E-state index < -0.39 is 11.9 Å². The number of hydrogen-bond acceptors (Lipinski definition) is 4. The molecule has 3 aromatic rings. The molecule has 6 nitrogen and oxygen atoms in total. The highest BCUT2D eigenvalue weighted by molar-refractivity contribution is 6.16. The van der Waals surface area contributed by atoms with E-state index in [0.29, 0.717) is 17.5 Å². The standard InChI is InChI=1S/C25H21FN4O2/c26-17-11-9-15(10-12-17)20(27)14-21(28)18-6-2-3-7-19(18)24(31)30-23-13-16-5-1-4-8-22(16)29-25(23)32/h1-12,14,23,28H,13,27H2,(H,29,32)(H,30,31)/b20-14-,28-21?/t23-/m1/s1. The summed E-state index contributed by atoms with van der Waals surface area (Å²) in [6.07, 6.45) is 1.80. The molecule has 3 aromatic carbocycles. The summed E-state index contributed by atoms with van der Waals surface area (Å²) < 4.78 is 13.1. The van der Waals surface area contributed by atoms with Crippen molar-refractivity contribution in [1.29, 1.82) is 5.41 Å². The van der Waals surface area contributed by atoms with Crippen molar-refractivity contribution in [3.63, 3.8) is 0 Å². The van der Waals surface area contributed by atoms with Gasteiger partial charge in [-0.3, -0.25) is 9.59 Å².